The summed E-state index contributed by atoms with van der Waals surface area (Å²) in [7, 11) is 1.29. The molecule has 0 fully saturated rings. The first-order valence-electron chi connectivity index (χ1n) is 6.11. The lowest BCUT2D eigenvalue weighted by Crippen LogP contribution is -2.33. The lowest BCUT2D eigenvalue weighted by molar-refractivity contribution is -0.140. The van der Waals surface area contributed by atoms with Gasteiger partial charge in [-0.25, -0.2) is 4.39 Å². The van der Waals surface area contributed by atoms with E-state index in [2.05, 4.69) is 4.74 Å². The van der Waals surface area contributed by atoms with Gasteiger partial charge in [0.2, 0.25) is 0 Å². The Bertz CT molecular complexity index is 474. The van der Waals surface area contributed by atoms with E-state index in [0.717, 1.165) is 5.56 Å². The summed E-state index contributed by atoms with van der Waals surface area (Å²) in [6, 6.07) is 4.47. The Balaban J connectivity index is 2.80. The standard InChI is InChI=1S/C14H18FNO3/c1-4-16(8-7-13(17)19-3)14(18)11-6-5-10(2)9-12(11)15/h5-6,9H,4,7-8H2,1-3H3. The van der Waals surface area contributed by atoms with Crippen LogP contribution in [0.15, 0.2) is 18.2 Å². The molecule has 0 saturated carbocycles. The second-order valence-corrected chi connectivity index (χ2v) is 4.19. The molecule has 0 atom stereocenters. The van der Waals surface area contributed by atoms with E-state index in [9.17, 15) is 14.0 Å². The first-order chi connectivity index (χ1) is 8.99. The number of amides is 1. The molecule has 0 saturated heterocycles. The summed E-state index contributed by atoms with van der Waals surface area (Å²) in [6.07, 6.45) is 0.101. The first kappa shape index (κ1) is 15.1. The quantitative estimate of drug-likeness (QED) is 0.768. The molecule has 0 bridgehead atoms. The fraction of sp³-hybridized carbons (Fsp3) is 0.429. The van der Waals surface area contributed by atoms with E-state index in [1.807, 2.05) is 0 Å². The number of ether oxygens (including phenoxy) is 1. The molecule has 1 aromatic carbocycles. The highest BCUT2D eigenvalue weighted by atomic mass is 19.1. The fourth-order valence-corrected chi connectivity index (χ4v) is 1.70. The molecule has 0 aliphatic heterocycles. The molecular formula is C14H18FNO3. The average Bonchev–Trinajstić information content (AvgIpc) is 2.38. The number of carbonyl (C=O) groups is 2. The maximum Gasteiger partial charge on any atom is 0.307 e. The SMILES string of the molecule is CCN(CCC(=O)OC)C(=O)c1ccc(C)cc1F. The van der Waals surface area contributed by atoms with E-state index in [0.29, 0.717) is 6.54 Å². The number of benzene rings is 1. The third-order valence-electron chi connectivity index (χ3n) is 2.84. The van der Waals surface area contributed by atoms with Crippen LogP contribution >= 0.6 is 0 Å². The summed E-state index contributed by atoms with van der Waals surface area (Å²) >= 11 is 0. The van der Waals surface area contributed by atoms with Crippen LogP contribution in [0, 0.1) is 12.7 Å². The Kier molecular flexibility index (Phi) is 5.48. The molecule has 0 heterocycles. The van der Waals surface area contributed by atoms with Crippen LogP contribution in [0.1, 0.15) is 29.3 Å². The minimum Gasteiger partial charge on any atom is -0.469 e. The normalized spacial score (nSPS) is 10.1. The highest BCUT2D eigenvalue weighted by Crippen LogP contribution is 2.13. The number of carbonyl (C=O) groups excluding carboxylic acids is 2. The van der Waals surface area contributed by atoms with Gasteiger partial charge in [-0.3, -0.25) is 9.59 Å². The number of hydrogen-bond donors (Lipinski definition) is 0. The summed E-state index contributed by atoms with van der Waals surface area (Å²) in [5.41, 5.74) is 0.781. The average molecular weight is 267 g/mol. The van der Waals surface area contributed by atoms with E-state index < -0.39 is 17.7 Å². The molecule has 0 N–H and O–H groups in total. The third kappa shape index (κ3) is 4.05. The van der Waals surface area contributed by atoms with Gasteiger partial charge in [-0.15, -0.1) is 0 Å². The van der Waals surface area contributed by atoms with Crippen molar-refractivity contribution in [3.8, 4) is 0 Å². The molecule has 0 aliphatic rings. The van der Waals surface area contributed by atoms with Crippen LogP contribution in [0.5, 0.6) is 0 Å². The fourth-order valence-electron chi connectivity index (χ4n) is 1.70. The molecule has 1 rings (SSSR count). The molecule has 19 heavy (non-hydrogen) atoms. The van der Waals surface area contributed by atoms with Gasteiger partial charge in [0.05, 0.1) is 19.1 Å². The van der Waals surface area contributed by atoms with Crippen molar-refractivity contribution in [2.45, 2.75) is 20.3 Å². The van der Waals surface area contributed by atoms with Gasteiger partial charge in [-0.05, 0) is 31.5 Å². The number of aryl methyl sites for hydroxylation is 1. The minimum atomic E-state index is -0.540. The Morgan fingerprint density at radius 1 is 1.37 bits per heavy atom. The van der Waals surface area contributed by atoms with Crippen molar-refractivity contribution < 1.29 is 18.7 Å². The van der Waals surface area contributed by atoms with Crippen LogP contribution in [0.3, 0.4) is 0 Å². The third-order valence-corrected chi connectivity index (χ3v) is 2.84. The number of halogens is 1. The smallest absolute Gasteiger partial charge is 0.307 e. The maximum absolute atomic E-state index is 13.7. The molecule has 0 aliphatic carbocycles. The van der Waals surface area contributed by atoms with Crippen LogP contribution in [0.2, 0.25) is 0 Å². The molecular weight excluding hydrogens is 249 g/mol. The van der Waals surface area contributed by atoms with Crippen molar-refractivity contribution >= 4 is 11.9 Å². The van der Waals surface area contributed by atoms with Gasteiger partial charge in [-0.2, -0.15) is 0 Å². The van der Waals surface area contributed by atoms with E-state index in [1.54, 1.807) is 19.9 Å². The number of hydrogen-bond acceptors (Lipinski definition) is 3. The monoisotopic (exact) mass is 267 g/mol. The number of esters is 1. The van der Waals surface area contributed by atoms with Gasteiger partial charge < -0.3 is 9.64 Å². The molecule has 5 heteroatoms. The lowest BCUT2D eigenvalue weighted by Gasteiger charge is -2.20. The highest BCUT2D eigenvalue weighted by Gasteiger charge is 2.18. The maximum atomic E-state index is 13.7. The van der Waals surface area contributed by atoms with E-state index in [4.69, 9.17) is 0 Å². The second-order valence-electron chi connectivity index (χ2n) is 4.19. The van der Waals surface area contributed by atoms with Gasteiger partial charge in [0.25, 0.3) is 5.91 Å². The summed E-state index contributed by atoms with van der Waals surface area (Å²) in [4.78, 5) is 24.6. The Labute approximate surface area is 112 Å². The Morgan fingerprint density at radius 2 is 2.05 bits per heavy atom. The zero-order chi connectivity index (χ0) is 14.4. The first-order valence-corrected chi connectivity index (χ1v) is 6.11. The zero-order valence-corrected chi connectivity index (χ0v) is 11.4. The molecule has 0 radical (unpaired) electrons. The summed E-state index contributed by atoms with van der Waals surface area (Å²) in [5, 5.41) is 0. The number of methoxy groups -OCH3 is 1. The molecule has 0 spiro atoms. The Morgan fingerprint density at radius 3 is 2.58 bits per heavy atom. The molecule has 4 nitrogen and oxygen atoms in total. The molecule has 1 amide bonds. The summed E-state index contributed by atoms with van der Waals surface area (Å²) < 4.78 is 18.2. The molecule has 0 unspecified atom stereocenters. The van der Waals surface area contributed by atoms with Crippen LogP contribution in [-0.2, 0) is 9.53 Å². The van der Waals surface area contributed by atoms with Gasteiger partial charge in [0.15, 0.2) is 0 Å². The van der Waals surface area contributed by atoms with E-state index in [1.165, 1.54) is 24.1 Å². The topological polar surface area (TPSA) is 46.6 Å². The Hall–Kier alpha value is -1.91. The molecule has 104 valence electrons. The van der Waals surface area contributed by atoms with Crippen LogP contribution in [0.25, 0.3) is 0 Å². The van der Waals surface area contributed by atoms with Crippen LogP contribution in [0.4, 0.5) is 4.39 Å². The van der Waals surface area contributed by atoms with Crippen LogP contribution in [-0.4, -0.2) is 37.0 Å². The van der Waals surface area contributed by atoms with Gasteiger partial charge >= 0.3 is 5.97 Å². The van der Waals surface area contributed by atoms with Crippen molar-refractivity contribution in [2.75, 3.05) is 20.2 Å². The highest BCUT2D eigenvalue weighted by molar-refractivity contribution is 5.94. The van der Waals surface area contributed by atoms with E-state index in [-0.39, 0.29) is 18.5 Å². The van der Waals surface area contributed by atoms with Crippen molar-refractivity contribution in [3.05, 3.63) is 35.1 Å². The second kappa shape index (κ2) is 6.87. The van der Waals surface area contributed by atoms with Gasteiger partial charge in [-0.1, -0.05) is 6.07 Å². The van der Waals surface area contributed by atoms with Crippen LogP contribution < -0.4 is 0 Å². The number of rotatable bonds is 5. The minimum absolute atomic E-state index is 0.0253. The van der Waals surface area contributed by atoms with Crippen molar-refractivity contribution in [1.29, 1.82) is 0 Å². The predicted octanol–water partition coefficient (Wildman–Crippen LogP) is 2.16. The lowest BCUT2D eigenvalue weighted by atomic mass is 10.1. The largest absolute Gasteiger partial charge is 0.469 e. The predicted molar refractivity (Wildman–Crippen MR) is 69.3 cm³/mol. The van der Waals surface area contributed by atoms with E-state index >= 15 is 0 Å². The molecule has 1 aromatic rings. The summed E-state index contributed by atoms with van der Waals surface area (Å²) in [5.74, 6) is -1.35. The molecule has 0 aromatic heterocycles. The van der Waals surface area contributed by atoms with Gasteiger partial charge in [0, 0.05) is 13.1 Å². The summed E-state index contributed by atoms with van der Waals surface area (Å²) in [6.45, 7) is 4.16. The number of nitrogens with zero attached hydrogens (tertiary/aromatic N) is 1. The van der Waals surface area contributed by atoms with Crippen molar-refractivity contribution in [1.82, 2.24) is 4.90 Å². The van der Waals surface area contributed by atoms with Crippen molar-refractivity contribution in [2.24, 2.45) is 0 Å². The van der Waals surface area contributed by atoms with Gasteiger partial charge in [0.1, 0.15) is 5.82 Å². The van der Waals surface area contributed by atoms with Crippen molar-refractivity contribution in [3.63, 3.8) is 0 Å². The zero-order valence-electron chi connectivity index (χ0n) is 11.4.